The number of carbonyl (C=O) groups is 1. The molecule has 0 saturated heterocycles. The Bertz CT molecular complexity index is 767. The molecule has 2 aromatic carbocycles. The van der Waals surface area contributed by atoms with Gasteiger partial charge in [0.2, 0.25) is 6.29 Å². The first kappa shape index (κ1) is 16.1. The Hall–Kier alpha value is -2.79. The number of aliphatic hydroxyl groups is 1. The zero-order chi connectivity index (χ0) is 17.1. The van der Waals surface area contributed by atoms with Crippen LogP contribution in [0.5, 0.6) is 11.5 Å². The van der Waals surface area contributed by atoms with E-state index in [2.05, 4.69) is 4.74 Å². The standard InChI is InChI=1S/C19H18O5/c1-12(19(21)22-2)23-14-8-9-15-16(13-6-4-3-5-7-13)11-18(20)24-17(15)10-14/h3-12,18,20H,1-2H3. The van der Waals surface area contributed by atoms with E-state index in [0.29, 0.717) is 11.5 Å². The highest BCUT2D eigenvalue weighted by molar-refractivity contribution is 5.84. The van der Waals surface area contributed by atoms with Crippen molar-refractivity contribution < 1.29 is 24.1 Å². The second-order valence-corrected chi connectivity index (χ2v) is 5.40. The summed E-state index contributed by atoms with van der Waals surface area (Å²) in [6.07, 6.45) is -0.110. The van der Waals surface area contributed by atoms with Crippen LogP contribution in [0.4, 0.5) is 0 Å². The quantitative estimate of drug-likeness (QED) is 0.875. The number of esters is 1. The molecule has 1 heterocycles. The predicted octanol–water partition coefficient (Wildman–Crippen LogP) is 2.77. The van der Waals surface area contributed by atoms with Gasteiger partial charge in [0, 0.05) is 11.6 Å². The van der Waals surface area contributed by atoms with Crippen LogP contribution in [0.2, 0.25) is 0 Å². The third-order valence-electron chi connectivity index (χ3n) is 3.73. The molecule has 0 spiro atoms. The maximum Gasteiger partial charge on any atom is 0.346 e. The summed E-state index contributed by atoms with van der Waals surface area (Å²) in [6, 6.07) is 15.0. The zero-order valence-corrected chi connectivity index (χ0v) is 13.4. The fourth-order valence-corrected chi connectivity index (χ4v) is 2.58. The van der Waals surface area contributed by atoms with E-state index in [0.717, 1.165) is 16.7 Å². The van der Waals surface area contributed by atoms with Crippen LogP contribution in [0, 0.1) is 0 Å². The monoisotopic (exact) mass is 326 g/mol. The lowest BCUT2D eigenvalue weighted by atomic mass is 9.95. The molecule has 0 amide bonds. The summed E-state index contributed by atoms with van der Waals surface area (Å²) < 4.78 is 15.7. The first-order valence-corrected chi connectivity index (χ1v) is 7.59. The highest BCUT2D eigenvalue weighted by Crippen LogP contribution is 2.38. The Morgan fingerprint density at radius 2 is 1.96 bits per heavy atom. The number of rotatable bonds is 4. The van der Waals surface area contributed by atoms with Crippen molar-refractivity contribution in [1.29, 1.82) is 0 Å². The van der Waals surface area contributed by atoms with Crippen molar-refractivity contribution in [2.24, 2.45) is 0 Å². The van der Waals surface area contributed by atoms with Crippen LogP contribution >= 0.6 is 0 Å². The van der Waals surface area contributed by atoms with E-state index >= 15 is 0 Å². The van der Waals surface area contributed by atoms with Crippen LogP contribution in [-0.2, 0) is 9.53 Å². The molecule has 2 unspecified atom stereocenters. The van der Waals surface area contributed by atoms with E-state index in [1.807, 2.05) is 36.4 Å². The second-order valence-electron chi connectivity index (χ2n) is 5.40. The van der Waals surface area contributed by atoms with Crippen molar-refractivity contribution in [3.8, 4) is 11.5 Å². The summed E-state index contributed by atoms with van der Waals surface area (Å²) in [5.41, 5.74) is 2.72. The lowest BCUT2D eigenvalue weighted by Gasteiger charge is -2.23. The van der Waals surface area contributed by atoms with Crippen molar-refractivity contribution in [1.82, 2.24) is 0 Å². The van der Waals surface area contributed by atoms with Gasteiger partial charge in [-0.1, -0.05) is 30.3 Å². The number of hydrogen-bond donors (Lipinski definition) is 1. The van der Waals surface area contributed by atoms with E-state index < -0.39 is 18.4 Å². The van der Waals surface area contributed by atoms with E-state index in [4.69, 9.17) is 9.47 Å². The average Bonchev–Trinajstić information content (AvgIpc) is 2.60. The van der Waals surface area contributed by atoms with Gasteiger partial charge in [0.1, 0.15) is 11.5 Å². The number of hydrogen-bond acceptors (Lipinski definition) is 5. The molecule has 5 heteroatoms. The lowest BCUT2D eigenvalue weighted by molar-refractivity contribution is -0.147. The van der Waals surface area contributed by atoms with E-state index in [1.165, 1.54) is 7.11 Å². The number of carbonyl (C=O) groups excluding carboxylic acids is 1. The molecule has 2 atom stereocenters. The molecule has 0 saturated carbocycles. The van der Waals surface area contributed by atoms with Crippen molar-refractivity contribution in [3.05, 3.63) is 65.7 Å². The van der Waals surface area contributed by atoms with Crippen molar-refractivity contribution in [3.63, 3.8) is 0 Å². The normalized spacial score (nSPS) is 17.1. The highest BCUT2D eigenvalue weighted by atomic mass is 16.6. The average molecular weight is 326 g/mol. The van der Waals surface area contributed by atoms with Crippen molar-refractivity contribution in [2.45, 2.75) is 19.3 Å². The first-order valence-electron chi connectivity index (χ1n) is 7.59. The molecule has 0 bridgehead atoms. The fraction of sp³-hybridized carbons (Fsp3) is 0.211. The summed E-state index contributed by atoms with van der Waals surface area (Å²) in [6.45, 7) is 1.61. The SMILES string of the molecule is COC(=O)C(C)Oc1ccc2c(c1)OC(O)C=C2c1ccccc1. The van der Waals surface area contributed by atoms with Crippen LogP contribution in [-0.4, -0.2) is 30.6 Å². The lowest BCUT2D eigenvalue weighted by Crippen LogP contribution is -2.25. The van der Waals surface area contributed by atoms with Gasteiger partial charge in [0.15, 0.2) is 6.10 Å². The summed E-state index contributed by atoms with van der Waals surface area (Å²) in [5, 5.41) is 9.97. The molecule has 3 rings (SSSR count). The van der Waals surface area contributed by atoms with Crippen LogP contribution < -0.4 is 9.47 Å². The van der Waals surface area contributed by atoms with Crippen LogP contribution in [0.3, 0.4) is 0 Å². The van der Waals surface area contributed by atoms with Gasteiger partial charge in [-0.05, 0) is 36.3 Å². The Kier molecular flexibility index (Phi) is 4.53. The molecule has 1 aliphatic heterocycles. The Balaban J connectivity index is 1.92. The third-order valence-corrected chi connectivity index (χ3v) is 3.73. The van der Waals surface area contributed by atoms with Gasteiger partial charge in [-0.25, -0.2) is 4.79 Å². The predicted molar refractivity (Wildman–Crippen MR) is 88.7 cm³/mol. The van der Waals surface area contributed by atoms with Gasteiger partial charge in [0.25, 0.3) is 0 Å². The van der Waals surface area contributed by atoms with Gasteiger partial charge in [0.05, 0.1) is 7.11 Å². The van der Waals surface area contributed by atoms with Crippen LogP contribution in [0.25, 0.3) is 5.57 Å². The van der Waals surface area contributed by atoms with Gasteiger partial charge in [-0.15, -0.1) is 0 Å². The van der Waals surface area contributed by atoms with Crippen LogP contribution in [0.1, 0.15) is 18.1 Å². The number of methoxy groups -OCH3 is 1. The molecule has 2 aromatic rings. The summed E-state index contributed by atoms with van der Waals surface area (Å²) in [4.78, 5) is 11.5. The topological polar surface area (TPSA) is 65.0 Å². The first-order chi connectivity index (χ1) is 11.6. The van der Waals surface area contributed by atoms with E-state index in [-0.39, 0.29) is 0 Å². The number of ether oxygens (including phenoxy) is 3. The smallest absolute Gasteiger partial charge is 0.346 e. The van der Waals surface area contributed by atoms with Crippen molar-refractivity contribution >= 4 is 11.5 Å². The molecular formula is C19H18O5. The van der Waals surface area contributed by atoms with Gasteiger partial charge in [-0.3, -0.25) is 0 Å². The molecule has 0 aliphatic carbocycles. The fourth-order valence-electron chi connectivity index (χ4n) is 2.58. The maximum atomic E-state index is 11.5. The molecule has 0 aromatic heterocycles. The Labute approximate surface area is 140 Å². The summed E-state index contributed by atoms with van der Waals surface area (Å²) in [5.74, 6) is 0.505. The largest absolute Gasteiger partial charge is 0.479 e. The Morgan fingerprint density at radius 3 is 2.67 bits per heavy atom. The minimum atomic E-state index is -1.04. The molecule has 24 heavy (non-hydrogen) atoms. The van der Waals surface area contributed by atoms with Gasteiger partial charge >= 0.3 is 5.97 Å². The van der Waals surface area contributed by atoms with Crippen LogP contribution in [0.15, 0.2) is 54.6 Å². The number of fused-ring (bicyclic) bond motifs is 1. The number of aliphatic hydroxyl groups excluding tert-OH is 1. The summed E-state index contributed by atoms with van der Waals surface area (Å²) >= 11 is 0. The molecule has 5 nitrogen and oxygen atoms in total. The minimum absolute atomic E-state index is 0.460. The molecule has 0 fully saturated rings. The molecular weight excluding hydrogens is 308 g/mol. The molecule has 0 radical (unpaired) electrons. The molecule has 1 N–H and O–H groups in total. The highest BCUT2D eigenvalue weighted by Gasteiger charge is 2.22. The van der Waals surface area contributed by atoms with Crippen molar-refractivity contribution in [2.75, 3.05) is 7.11 Å². The van der Waals surface area contributed by atoms with Gasteiger partial charge < -0.3 is 19.3 Å². The maximum absolute atomic E-state index is 11.5. The molecule has 124 valence electrons. The zero-order valence-electron chi connectivity index (χ0n) is 13.4. The Morgan fingerprint density at radius 1 is 1.21 bits per heavy atom. The van der Waals surface area contributed by atoms with Gasteiger partial charge in [-0.2, -0.15) is 0 Å². The van der Waals surface area contributed by atoms with E-state index in [9.17, 15) is 9.90 Å². The number of benzene rings is 2. The minimum Gasteiger partial charge on any atom is -0.479 e. The molecule has 1 aliphatic rings. The summed E-state index contributed by atoms with van der Waals surface area (Å²) in [7, 11) is 1.31. The second kappa shape index (κ2) is 6.76. The van der Waals surface area contributed by atoms with E-state index in [1.54, 1.807) is 25.1 Å². The third kappa shape index (κ3) is 3.26.